The maximum atomic E-state index is 11.4. The molecule has 1 saturated carbocycles. The molecule has 1 fully saturated rings. The molecule has 17 heavy (non-hydrogen) atoms. The lowest BCUT2D eigenvalue weighted by Crippen LogP contribution is -3.00. The van der Waals surface area contributed by atoms with Gasteiger partial charge in [-0.2, -0.15) is 5.23 Å². The Balaban J connectivity index is 2.19. The van der Waals surface area contributed by atoms with Crippen LogP contribution in [0.3, 0.4) is 0 Å². The number of methoxy groups -OCH3 is 1. The van der Waals surface area contributed by atoms with Crippen molar-refractivity contribution >= 4 is 11.4 Å². The molecule has 1 atom stereocenters. The average molecular weight is 240 g/mol. The van der Waals surface area contributed by atoms with Crippen LogP contribution in [-0.2, 0) is 9.57 Å². The molecule has 1 aromatic rings. The third kappa shape index (κ3) is 2.50. The zero-order chi connectivity index (χ0) is 12.5. The summed E-state index contributed by atoms with van der Waals surface area (Å²) in [6, 6.07) is 4.71. The van der Waals surface area contributed by atoms with Gasteiger partial charge in [-0.3, -0.25) is 0 Å². The van der Waals surface area contributed by atoms with E-state index < -0.39 is 5.23 Å². The molecule has 0 bridgehead atoms. The number of nitrogens with one attached hydrogen (secondary N) is 2. The average Bonchev–Trinajstić information content (AvgIpc) is 3.11. The normalized spacial score (nSPS) is 18.8. The van der Waals surface area contributed by atoms with Gasteiger partial charge in [0.15, 0.2) is 5.75 Å². The number of aromatic hydroxyl groups is 1. The standard InChI is InChI=1S/C11H16N2O4/c1-16-11(5-6-11)12-8-3-4-10(14)9(7-8)13(15)17-2/h3-4,7,12-14H,5-6H2,1-2H3. The fourth-order valence-corrected chi connectivity index (χ4v) is 1.64. The van der Waals surface area contributed by atoms with E-state index in [1.807, 2.05) is 0 Å². The Morgan fingerprint density at radius 1 is 1.41 bits per heavy atom. The minimum atomic E-state index is -0.562. The van der Waals surface area contributed by atoms with Crippen molar-refractivity contribution in [3.8, 4) is 5.75 Å². The molecular formula is C11H16N2O4. The lowest BCUT2D eigenvalue weighted by Gasteiger charge is -2.20. The number of phenolic OH excluding ortho intramolecular Hbond substituents is 1. The maximum absolute atomic E-state index is 11.4. The Labute approximate surface area is 99.3 Å². The van der Waals surface area contributed by atoms with Gasteiger partial charge in [0.2, 0.25) is 5.69 Å². The van der Waals surface area contributed by atoms with Gasteiger partial charge in [0, 0.05) is 18.9 Å². The molecule has 3 N–H and O–H groups in total. The van der Waals surface area contributed by atoms with Crippen molar-refractivity contribution < 1.29 is 19.9 Å². The summed E-state index contributed by atoms with van der Waals surface area (Å²) in [6.45, 7) is 0. The first-order chi connectivity index (χ1) is 8.10. The monoisotopic (exact) mass is 240 g/mol. The van der Waals surface area contributed by atoms with Crippen molar-refractivity contribution in [1.29, 1.82) is 0 Å². The Morgan fingerprint density at radius 3 is 2.65 bits per heavy atom. The van der Waals surface area contributed by atoms with Crippen molar-refractivity contribution in [2.45, 2.75) is 18.6 Å². The summed E-state index contributed by atoms with van der Waals surface area (Å²) in [4.78, 5) is 4.59. The molecule has 6 nitrogen and oxygen atoms in total. The summed E-state index contributed by atoms with van der Waals surface area (Å²) in [5.41, 5.74) is 0.552. The van der Waals surface area contributed by atoms with Gasteiger partial charge in [-0.25, -0.2) is 4.84 Å². The van der Waals surface area contributed by atoms with Crippen LogP contribution in [0.5, 0.6) is 5.75 Å². The predicted molar refractivity (Wildman–Crippen MR) is 61.7 cm³/mol. The Morgan fingerprint density at radius 2 is 2.12 bits per heavy atom. The molecule has 0 radical (unpaired) electrons. The van der Waals surface area contributed by atoms with Crippen molar-refractivity contribution in [1.82, 2.24) is 0 Å². The summed E-state index contributed by atoms with van der Waals surface area (Å²) >= 11 is 0. The highest BCUT2D eigenvalue weighted by Crippen LogP contribution is 2.40. The second kappa shape index (κ2) is 4.50. The van der Waals surface area contributed by atoms with Gasteiger partial charge in [-0.05, 0) is 25.0 Å². The number of benzene rings is 1. The van der Waals surface area contributed by atoms with E-state index in [-0.39, 0.29) is 17.2 Å². The van der Waals surface area contributed by atoms with Crippen molar-refractivity contribution in [2.24, 2.45) is 0 Å². The lowest BCUT2D eigenvalue weighted by molar-refractivity contribution is -0.992. The van der Waals surface area contributed by atoms with Gasteiger partial charge in [-0.1, -0.05) is 0 Å². The zero-order valence-electron chi connectivity index (χ0n) is 9.82. The van der Waals surface area contributed by atoms with Crippen LogP contribution in [0.15, 0.2) is 18.2 Å². The number of rotatable bonds is 5. The van der Waals surface area contributed by atoms with Gasteiger partial charge in [0.1, 0.15) is 5.72 Å². The number of hydrogen-bond acceptors (Lipinski definition) is 5. The highest BCUT2D eigenvalue weighted by atomic mass is 16.9. The van der Waals surface area contributed by atoms with Crippen LogP contribution < -0.4 is 10.5 Å². The number of hydrogen-bond donors (Lipinski definition) is 3. The van der Waals surface area contributed by atoms with Gasteiger partial charge in [0.05, 0.1) is 7.11 Å². The fraction of sp³-hybridized carbons (Fsp3) is 0.455. The van der Waals surface area contributed by atoms with E-state index in [0.29, 0.717) is 0 Å². The molecule has 1 aromatic carbocycles. The first-order valence-electron chi connectivity index (χ1n) is 5.35. The first kappa shape index (κ1) is 12.1. The first-order valence-corrected chi connectivity index (χ1v) is 5.35. The molecule has 0 aliphatic heterocycles. The van der Waals surface area contributed by atoms with Crippen LogP contribution >= 0.6 is 0 Å². The smallest absolute Gasteiger partial charge is 0.208 e. The summed E-state index contributed by atoms with van der Waals surface area (Å²) < 4.78 is 5.32. The van der Waals surface area contributed by atoms with Crippen LogP contribution in [0.2, 0.25) is 0 Å². The quantitative estimate of drug-likeness (QED) is 0.302. The zero-order valence-corrected chi connectivity index (χ0v) is 9.82. The Bertz CT molecular complexity index is 406. The van der Waals surface area contributed by atoms with E-state index in [0.717, 1.165) is 18.5 Å². The molecule has 1 aliphatic carbocycles. The van der Waals surface area contributed by atoms with Crippen LogP contribution in [-0.4, -0.2) is 25.1 Å². The molecule has 0 saturated heterocycles. The molecule has 94 valence electrons. The minimum absolute atomic E-state index is 0.0929. The molecule has 0 heterocycles. The third-order valence-corrected chi connectivity index (χ3v) is 2.87. The van der Waals surface area contributed by atoms with Gasteiger partial charge in [0.25, 0.3) is 0 Å². The summed E-state index contributed by atoms with van der Waals surface area (Å²) in [7, 11) is 2.92. The van der Waals surface area contributed by atoms with Gasteiger partial charge in [-0.15, -0.1) is 0 Å². The van der Waals surface area contributed by atoms with E-state index in [1.54, 1.807) is 19.2 Å². The summed E-state index contributed by atoms with van der Waals surface area (Å²) in [5.74, 6) is -0.0929. The van der Waals surface area contributed by atoms with Crippen molar-refractivity contribution in [3.63, 3.8) is 0 Å². The second-order valence-corrected chi connectivity index (χ2v) is 4.05. The molecule has 6 heteroatoms. The molecular weight excluding hydrogens is 224 g/mol. The molecule has 1 unspecified atom stereocenters. The van der Waals surface area contributed by atoms with Crippen LogP contribution in [0, 0.1) is 5.21 Å². The highest BCUT2D eigenvalue weighted by molar-refractivity contribution is 5.58. The Kier molecular flexibility index (Phi) is 3.21. The molecule has 0 amide bonds. The summed E-state index contributed by atoms with van der Waals surface area (Å²) in [6.07, 6.45) is 1.86. The minimum Gasteiger partial charge on any atom is -0.595 e. The SMILES string of the molecule is CO[NH+]([O-])c1cc(NC2(OC)CC2)ccc1O. The topological polar surface area (TPSA) is 78.2 Å². The predicted octanol–water partition coefficient (Wildman–Crippen LogP) is 0.516. The van der Waals surface area contributed by atoms with E-state index in [9.17, 15) is 10.3 Å². The van der Waals surface area contributed by atoms with E-state index in [1.165, 1.54) is 13.2 Å². The van der Waals surface area contributed by atoms with Crippen molar-refractivity contribution in [3.05, 3.63) is 23.4 Å². The van der Waals surface area contributed by atoms with Gasteiger partial charge >= 0.3 is 0 Å². The van der Waals surface area contributed by atoms with Gasteiger partial charge < -0.3 is 20.4 Å². The van der Waals surface area contributed by atoms with E-state index in [2.05, 4.69) is 10.2 Å². The molecule has 0 spiro atoms. The lowest BCUT2D eigenvalue weighted by atomic mass is 10.2. The van der Waals surface area contributed by atoms with Crippen LogP contribution in [0.25, 0.3) is 0 Å². The van der Waals surface area contributed by atoms with E-state index >= 15 is 0 Å². The molecule has 2 rings (SSSR count). The number of quaternary nitrogens is 1. The number of phenols is 1. The van der Waals surface area contributed by atoms with Crippen LogP contribution in [0.4, 0.5) is 11.4 Å². The molecule has 1 aliphatic rings. The fourth-order valence-electron chi connectivity index (χ4n) is 1.64. The van der Waals surface area contributed by atoms with Crippen LogP contribution in [0.1, 0.15) is 12.8 Å². The largest absolute Gasteiger partial charge is 0.595 e. The highest BCUT2D eigenvalue weighted by Gasteiger charge is 2.43. The van der Waals surface area contributed by atoms with Crippen molar-refractivity contribution in [2.75, 3.05) is 19.5 Å². The van der Waals surface area contributed by atoms with E-state index in [4.69, 9.17) is 4.74 Å². The second-order valence-electron chi connectivity index (χ2n) is 4.05. The summed E-state index contributed by atoms with van der Waals surface area (Å²) in [5, 5.41) is 23.6. The molecule has 0 aromatic heterocycles. The number of ether oxygens (including phenoxy) is 1. The Hall–Kier alpha value is -1.34. The third-order valence-electron chi connectivity index (χ3n) is 2.87. The maximum Gasteiger partial charge on any atom is 0.208 e. The number of anilines is 1.